The molecule has 4 aromatic rings. The SMILES string of the molecule is C1CCC2(CC2)NC1.Cc1c(O)c(-c2nc3cn[nH]c3s2)cc2cn(C)nc12. The minimum Gasteiger partial charge on any atom is -0.507 e. The van der Waals surface area contributed by atoms with Gasteiger partial charge in [0, 0.05) is 29.7 Å². The molecule has 7 nitrogen and oxygen atoms in total. The van der Waals surface area contributed by atoms with Crippen LogP contribution in [0.4, 0.5) is 0 Å². The molecule has 3 aromatic heterocycles. The first-order chi connectivity index (χ1) is 13.5. The Labute approximate surface area is 166 Å². The van der Waals surface area contributed by atoms with E-state index in [1.54, 1.807) is 10.9 Å². The summed E-state index contributed by atoms with van der Waals surface area (Å²) in [6.45, 7) is 3.15. The number of fused-ring (bicyclic) bond motifs is 2. The van der Waals surface area contributed by atoms with Gasteiger partial charge in [0.15, 0.2) is 0 Å². The van der Waals surface area contributed by atoms with Crippen molar-refractivity contribution in [2.75, 3.05) is 6.54 Å². The molecule has 1 spiro atoms. The number of benzene rings is 1. The molecule has 4 heterocycles. The highest BCUT2D eigenvalue weighted by Crippen LogP contribution is 2.41. The van der Waals surface area contributed by atoms with Crippen molar-refractivity contribution in [3.05, 3.63) is 24.0 Å². The van der Waals surface area contributed by atoms with Gasteiger partial charge in [-0.25, -0.2) is 4.98 Å². The molecule has 1 aromatic carbocycles. The van der Waals surface area contributed by atoms with Crippen molar-refractivity contribution < 1.29 is 5.11 Å². The average molecular weight is 397 g/mol. The molecule has 1 saturated heterocycles. The van der Waals surface area contributed by atoms with E-state index in [2.05, 4.69) is 25.6 Å². The predicted octanol–water partition coefficient (Wildman–Crippen LogP) is 3.88. The van der Waals surface area contributed by atoms with Crippen LogP contribution >= 0.6 is 11.3 Å². The molecule has 0 atom stereocenters. The number of hydrogen-bond donors (Lipinski definition) is 3. The van der Waals surface area contributed by atoms with Crippen LogP contribution in [0.2, 0.25) is 0 Å². The molecule has 6 rings (SSSR count). The molecule has 1 aliphatic heterocycles. The summed E-state index contributed by atoms with van der Waals surface area (Å²) >= 11 is 1.48. The number of aromatic hydroxyl groups is 1. The number of phenols is 1. The van der Waals surface area contributed by atoms with Crippen LogP contribution in [0.5, 0.6) is 5.75 Å². The van der Waals surface area contributed by atoms with Crippen LogP contribution in [0.25, 0.3) is 31.8 Å². The maximum Gasteiger partial charge on any atom is 0.139 e. The zero-order valence-electron chi connectivity index (χ0n) is 16.1. The molecule has 8 heteroatoms. The molecule has 2 fully saturated rings. The third-order valence-corrected chi connectivity index (χ3v) is 6.80. The van der Waals surface area contributed by atoms with Gasteiger partial charge in [0.2, 0.25) is 0 Å². The predicted molar refractivity (Wildman–Crippen MR) is 112 cm³/mol. The van der Waals surface area contributed by atoms with Gasteiger partial charge in [-0.2, -0.15) is 10.2 Å². The minimum atomic E-state index is 0.237. The fourth-order valence-electron chi connectivity index (χ4n) is 3.98. The molecule has 28 heavy (non-hydrogen) atoms. The number of piperidine rings is 1. The normalized spacial score (nSPS) is 17.8. The molecule has 1 saturated carbocycles. The molecule has 146 valence electrons. The number of nitrogens with zero attached hydrogens (tertiary/aromatic N) is 4. The number of H-pyrrole nitrogens is 1. The topological polar surface area (TPSA) is 91.6 Å². The Morgan fingerprint density at radius 1 is 1.25 bits per heavy atom. The van der Waals surface area contributed by atoms with Gasteiger partial charge in [-0.15, -0.1) is 0 Å². The monoisotopic (exact) mass is 396 g/mol. The molecule has 3 N–H and O–H groups in total. The number of nitrogens with one attached hydrogen (secondary N) is 2. The first kappa shape index (κ1) is 17.6. The lowest BCUT2D eigenvalue weighted by molar-refractivity contribution is 0.385. The molecule has 2 aliphatic rings. The Morgan fingerprint density at radius 3 is 2.79 bits per heavy atom. The van der Waals surface area contributed by atoms with Crippen LogP contribution in [0.3, 0.4) is 0 Å². The van der Waals surface area contributed by atoms with Gasteiger partial charge in [0.25, 0.3) is 0 Å². The summed E-state index contributed by atoms with van der Waals surface area (Å²) in [6.07, 6.45) is 10.8. The minimum absolute atomic E-state index is 0.237. The number of aromatic amines is 1. The Kier molecular flexibility index (Phi) is 4.13. The van der Waals surface area contributed by atoms with Gasteiger partial charge >= 0.3 is 0 Å². The Bertz CT molecular complexity index is 1120. The zero-order chi connectivity index (χ0) is 19.3. The van der Waals surface area contributed by atoms with E-state index in [1.165, 1.54) is 50.0 Å². The largest absolute Gasteiger partial charge is 0.507 e. The van der Waals surface area contributed by atoms with Crippen LogP contribution in [0.1, 0.15) is 37.7 Å². The van der Waals surface area contributed by atoms with Gasteiger partial charge in [-0.05, 0) is 45.2 Å². The van der Waals surface area contributed by atoms with Crippen LogP contribution in [0, 0.1) is 6.92 Å². The van der Waals surface area contributed by atoms with Gasteiger partial charge in [0.05, 0.1) is 17.3 Å². The lowest BCUT2D eigenvalue weighted by Gasteiger charge is -2.22. The van der Waals surface area contributed by atoms with Crippen LogP contribution in [-0.2, 0) is 7.05 Å². The summed E-state index contributed by atoms with van der Waals surface area (Å²) < 4.78 is 1.75. The number of thiazole rings is 1. The molecular weight excluding hydrogens is 372 g/mol. The van der Waals surface area contributed by atoms with Crippen molar-refractivity contribution in [3.8, 4) is 16.3 Å². The third-order valence-electron chi connectivity index (χ3n) is 5.79. The molecule has 0 bridgehead atoms. The van der Waals surface area contributed by atoms with Crippen molar-refractivity contribution in [1.82, 2.24) is 30.3 Å². The number of aryl methyl sites for hydroxylation is 2. The molecule has 0 amide bonds. The Balaban J connectivity index is 0.000000177. The van der Waals surface area contributed by atoms with E-state index < -0.39 is 0 Å². The first-order valence-corrected chi connectivity index (χ1v) is 10.6. The maximum absolute atomic E-state index is 10.4. The molecular formula is C20H24N6OS. The Hall–Kier alpha value is -2.45. The summed E-state index contributed by atoms with van der Waals surface area (Å²) in [7, 11) is 1.87. The maximum atomic E-state index is 10.4. The number of phenolic OH excluding ortho intramolecular Hbond substituents is 1. The van der Waals surface area contributed by atoms with Crippen LogP contribution < -0.4 is 5.32 Å². The summed E-state index contributed by atoms with van der Waals surface area (Å²) in [5.74, 6) is 0.237. The van der Waals surface area contributed by atoms with E-state index in [-0.39, 0.29) is 5.75 Å². The quantitative estimate of drug-likeness (QED) is 0.454. The van der Waals surface area contributed by atoms with E-state index in [0.29, 0.717) is 5.54 Å². The summed E-state index contributed by atoms with van der Waals surface area (Å²) in [6, 6.07) is 1.93. The van der Waals surface area contributed by atoms with Crippen LogP contribution in [0.15, 0.2) is 18.5 Å². The van der Waals surface area contributed by atoms with Crippen molar-refractivity contribution in [2.24, 2.45) is 7.05 Å². The van der Waals surface area contributed by atoms with E-state index in [4.69, 9.17) is 0 Å². The van der Waals surface area contributed by atoms with Crippen LogP contribution in [-0.4, -0.2) is 42.2 Å². The molecule has 0 radical (unpaired) electrons. The smallest absolute Gasteiger partial charge is 0.139 e. The average Bonchev–Trinajstić information content (AvgIpc) is 3.03. The summed E-state index contributed by atoms with van der Waals surface area (Å²) in [5.41, 5.74) is 3.82. The second-order valence-electron chi connectivity index (χ2n) is 7.91. The zero-order valence-corrected chi connectivity index (χ0v) is 16.9. The van der Waals surface area contributed by atoms with Gasteiger partial charge in [-0.3, -0.25) is 9.78 Å². The molecule has 1 aliphatic carbocycles. The van der Waals surface area contributed by atoms with E-state index >= 15 is 0 Å². The highest BCUT2D eigenvalue weighted by molar-refractivity contribution is 7.21. The van der Waals surface area contributed by atoms with Crippen molar-refractivity contribution in [2.45, 2.75) is 44.6 Å². The summed E-state index contributed by atoms with van der Waals surface area (Å²) in [5, 5.41) is 26.9. The van der Waals surface area contributed by atoms with Gasteiger partial charge in [0.1, 0.15) is 21.1 Å². The van der Waals surface area contributed by atoms with E-state index in [1.807, 2.05) is 26.2 Å². The van der Waals surface area contributed by atoms with Crippen molar-refractivity contribution in [1.29, 1.82) is 0 Å². The second-order valence-corrected chi connectivity index (χ2v) is 8.91. The standard InChI is InChI=1S/C13H11N5OS.C7H13N/c1-6-10-7(5-18(2)17-10)3-8(11(6)19)12-15-9-4-14-16-13(9)20-12;1-2-6-8-7(3-1)4-5-7/h3-5,19H,1-2H3,(H,14,16);8H,1-6H2. The Morgan fingerprint density at radius 2 is 2.11 bits per heavy atom. The number of aromatic nitrogens is 5. The van der Waals surface area contributed by atoms with Gasteiger partial charge in [-0.1, -0.05) is 17.8 Å². The van der Waals surface area contributed by atoms with E-state index in [0.717, 1.165) is 37.4 Å². The number of hydrogen-bond acceptors (Lipinski definition) is 6. The second kappa shape index (κ2) is 6.56. The highest BCUT2D eigenvalue weighted by atomic mass is 32.1. The lowest BCUT2D eigenvalue weighted by Crippen LogP contribution is -2.35. The van der Waals surface area contributed by atoms with Crippen molar-refractivity contribution in [3.63, 3.8) is 0 Å². The summed E-state index contributed by atoms with van der Waals surface area (Å²) in [4.78, 5) is 5.40. The lowest BCUT2D eigenvalue weighted by atomic mass is 10.0. The third kappa shape index (κ3) is 3.06. The fraction of sp³-hybridized carbons (Fsp3) is 0.450. The first-order valence-electron chi connectivity index (χ1n) is 9.76. The van der Waals surface area contributed by atoms with Gasteiger partial charge < -0.3 is 10.4 Å². The number of rotatable bonds is 1. The molecule has 0 unspecified atom stereocenters. The van der Waals surface area contributed by atoms with Crippen molar-refractivity contribution >= 4 is 32.6 Å². The van der Waals surface area contributed by atoms with E-state index in [9.17, 15) is 5.11 Å². The highest BCUT2D eigenvalue weighted by Gasteiger charge is 2.42. The fourth-order valence-corrected chi connectivity index (χ4v) is 4.88.